The average molecular weight is 679 g/mol. The fourth-order valence-corrected chi connectivity index (χ4v) is 5.70. The van der Waals surface area contributed by atoms with Crippen LogP contribution in [0.1, 0.15) is 179 Å². The van der Waals surface area contributed by atoms with Crippen molar-refractivity contribution in [3.63, 3.8) is 0 Å². The van der Waals surface area contributed by atoms with E-state index < -0.39 is 10.4 Å². The molecule has 0 radical (unpaired) electrons. The van der Waals surface area contributed by atoms with Gasteiger partial charge in [-0.2, -0.15) is 0 Å². The predicted molar refractivity (Wildman–Crippen MR) is 199 cm³/mol. The molecule has 0 unspecified atom stereocenters. The van der Waals surface area contributed by atoms with E-state index in [0.29, 0.717) is 0 Å². The van der Waals surface area contributed by atoms with Crippen LogP contribution in [-0.2, 0) is 15.2 Å². The summed E-state index contributed by atoms with van der Waals surface area (Å²) in [4.78, 5) is 10.2. The Bertz CT molecular complexity index is 661. The molecule has 0 aliphatic heterocycles. The zero-order chi connectivity index (χ0) is 36.3. The molecule has 0 rings (SSSR count). The maximum absolute atomic E-state index is 10.2. The molecule has 0 amide bonds. The molecule has 0 N–H and O–H groups in total. The van der Waals surface area contributed by atoms with E-state index in [1.54, 1.807) is 13.0 Å². The molecule has 46 heavy (non-hydrogen) atoms. The minimum absolute atomic E-state index is 0.125. The minimum atomic E-state index is -5.17. The van der Waals surface area contributed by atoms with Gasteiger partial charge in [0.1, 0.15) is 0 Å². The lowest BCUT2D eigenvalue weighted by atomic mass is 10.1. The molecule has 0 aliphatic rings. The Balaban J connectivity index is -0.000000285. The SMILES string of the molecule is CC(=O)C=C(C)C.CCCC[N+](CCCC)(CCCC)CCCC.CCCC[N+](CCCC)(CCCC)CCCC.O=S(=O)([O-])[O-]. The van der Waals surface area contributed by atoms with Crippen molar-refractivity contribution in [2.45, 2.75) is 179 Å². The fourth-order valence-electron chi connectivity index (χ4n) is 5.70. The van der Waals surface area contributed by atoms with Crippen LogP contribution in [0.5, 0.6) is 0 Å². The first-order chi connectivity index (χ1) is 21.6. The third-order valence-electron chi connectivity index (χ3n) is 8.38. The van der Waals surface area contributed by atoms with Crippen molar-refractivity contribution in [1.29, 1.82) is 0 Å². The number of hydrogen-bond donors (Lipinski definition) is 0. The maximum atomic E-state index is 10.2. The Morgan fingerprint density at radius 2 is 0.609 bits per heavy atom. The van der Waals surface area contributed by atoms with Gasteiger partial charge in [0.05, 0.1) is 52.4 Å². The van der Waals surface area contributed by atoms with Gasteiger partial charge in [-0.15, -0.1) is 0 Å². The first kappa shape index (κ1) is 52.0. The van der Waals surface area contributed by atoms with E-state index in [9.17, 15) is 4.79 Å². The van der Waals surface area contributed by atoms with Gasteiger partial charge in [0, 0.05) is 10.4 Å². The highest BCUT2D eigenvalue weighted by atomic mass is 32.3. The molecule has 0 aromatic rings. The number of allylic oxidation sites excluding steroid dienone is 2. The van der Waals surface area contributed by atoms with E-state index >= 15 is 0 Å². The normalized spacial score (nSPS) is 11.3. The topological polar surface area (TPSA) is 97.3 Å². The fraction of sp³-hybridized carbons (Fsp3) is 0.921. The Kier molecular flexibility index (Phi) is 40.2. The first-order valence-corrected chi connectivity index (χ1v) is 20.5. The number of carbonyl (C=O) groups is 1. The summed E-state index contributed by atoms with van der Waals surface area (Å²) in [5.41, 5.74) is 1.06. The lowest BCUT2D eigenvalue weighted by Crippen LogP contribution is -2.50. The highest BCUT2D eigenvalue weighted by Gasteiger charge is 2.25. The molecule has 0 spiro atoms. The van der Waals surface area contributed by atoms with Crippen molar-refractivity contribution in [3.05, 3.63) is 11.6 Å². The van der Waals surface area contributed by atoms with Crippen LogP contribution in [0, 0.1) is 0 Å². The molecule has 0 bridgehead atoms. The van der Waals surface area contributed by atoms with E-state index in [1.807, 2.05) is 13.8 Å². The van der Waals surface area contributed by atoms with Crippen LogP contribution in [0.2, 0.25) is 0 Å². The smallest absolute Gasteiger partial charge is 0.152 e. The second-order valence-corrected chi connectivity index (χ2v) is 14.4. The van der Waals surface area contributed by atoms with Crippen LogP contribution in [-0.4, -0.2) is 84.6 Å². The van der Waals surface area contributed by atoms with Crippen molar-refractivity contribution < 1.29 is 31.3 Å². The zero-order valence-corrected chi connectivity index (χ0v) is 33.7. The Hall–Kier alpha value is -0.800. The van der Waals surface area contributed by atoms with Gasteiger partial charge in [0.25, 0.3) is 0 Å². The van der Waals surface area contributed by atoms with Crippen molar-refractivity contribution in [1.82, 2.24) is 0 Å². The number of hydrogen-bond acceptors (Lipinski definition) is 5. The molecule has 8 heteroatoms. The van der Waals surface area contributed by atoms with Crippen LogP contribution >= 0.6 is 0 Å². The lowest BCUT2D eigenvalue weighted by molar-refractivity contribution is -0.929. The summed E-state index contributed by atoms with van der Waals surface area (Å²) in [6.07, 6.45) is 23.7. The molecular weight excluding hydrogens is 596 g/mol. The predicted octanol–water partition coefficient (Wildman–Crippen LogP) is 10.2. The minimum Gasteiger partial charge on any atom is -0.759 e. The number of carbonyl (C=O) groups excluding carboxylic acids is 1. The van der Waals surface area contributed by atoms with Crippen LogP contribution in [0.3, 0.4) is 0 Å². The van der Waals surface area contributed by atoms with E-state index in [-0.39, 0.29) is 5.78 Å². The van der Waals surface area contributed by atoms with Crippen LogP contribution in [0.15, 0.2) is 11.6 Å². The summed E-state index contributed by atoms with van der Waals surface area (Å²) in [7, 11) is -5.17. The van der Waals surface area contributed by atoms with Gasteiger partial charge in [-0.3, -0.25) is 13.2 Å². The van der Waals surface area contributed by atoms with Gasteiger partial charge >= 0.3 is 0 Å². The summed E-state index contributed by atoms with van der Waals surface area (Å²) in [5.74, 6) is 0.125. The van der Waals surface area contributed by atoms with Crippen LogP contribution in [0.4, 0.5) is 0 Å². The number of quaternary nitrogens is 2. The number of rotatable bonds is 25. The van der Waals surface area contributed by atoms with Gasteiger partial charge in [0.15, 0.2) is 5.78 Å². The Morgan fingerprint density at radius 1 is 0.457 bits per heavy atom. The van der Waals surface area contributed by atoms with Gasteiger partial charge in [0.2, 0.25) is 0 Å². The highest BCUT2D eigenvalue weighted by Crippen LogP contribution is 2.17. The Labute approximate surface area is 289 Å². The summed E-state index contributed by atoms with van der Waals surface area (Å²) < 4.78 is 36.9. The Morgan fingerprint density at radius 3 is 0.674 bits per heavy atom. The van der Waals surface area contributed by atoms with Crippen molar-refractivity contribution >= 4 is 16.2 Å². The second-order valence-electron chi connectivity index (χ2n) is 13.5. The maximum Gasteiger partial charge on any atom is 0.152 e. The molecule has 0 heterocycles. The third kappa shape index (κ3) is 41.2. The van der Waals surface area contributed by atoms with Crippen molar-refractivity contribution in [2.75, 3.05) is 52.4 Å². The lowest BCUT2D eigenvalue weighted by Gasteiger charge is -2.39. The molecule has 0 aromatic carbocycles. The quantitative estimate of drug-likeness (QED) is 0.0414. The highest BCUT2D eigenvalue weighted by molar-refractivity contribution is 7.79. The van der Waals surface area contributed by atoms with Crippen molar-refractivity contribution in [3.8, 4) is 0 Å². The van der Waals surface area contributed by atoms with E-state index in [2.05, 4.69) is 55.4 Å². The van der Waals surface area contributed by atoms with Gasteiger partial charge < -0.3 is 18.1 Å². The van der Waals surface area contributed by atoms with Crippen LogP contribution in [0.25, 0.3) is 0 Å². The molecular formula is C38H82N2O5S. The summed E-state index contributed by atoms with van der Waals surface area (Å²) in [6.45, 7) is 35.4. The molecule has 0 saturated carbocycles. The molecule has 7 nitrogen and oxygen atoms in total. The second kappa shape index (κ2) is 35.5. The van der Waals surface area contributed by atoms with Gasteiger partial charge in [-0.25, -0.2) is 0 Å². The average Bonchev–Trinajstić information content (AvgIpc) is 2.99. The summed E-state index contributed by atoms with van der Waals surface area (Å²) >= 11 is 0. The van der Waals surface area contributed by atoms with Crippen LogP contribution < -0.4 is 0 Å². The number of ketones is 1. The monoisotopic (exact) mass is 679 g/mol. The number of unbranched alkanes of at least 4 members (excludes halogenated alkanes) is 8. The molecule has 280 valence electrons. The van der Waals surface area contributed by atoms with Crippen molar-refractivity contribution in [2.24, 2.45) is 0 Å². The number of nitrogens with zero attached hydrogens (tertiary/aromatic N) is 2. The summed E-state index contributed by atoms with van der Waals surface area (Å²) in [5, 5.41) is 0. The molecule has 0 atom stereocenters. The van der Waals surface area contributed by atoms with E-state index in [1.165, 1.54) is 164 Å². The molecule has 0 aromatic heterocycles. The zero-order valence-electron chi connectivity index (χ0n) is 32.9. The largest absolute Gasteiger partial charge is 0.759 e. The van der Waals surface area contributed by atoms with Gasteiger partial charge in [-0.1, -0.05) is 112 Å². The standard InChI is InChI=1S/2C16H36N.C6H10O.H2O4S/c2*1-5-9-13-17(14-10-6-2,15-11-7-3)16-12-8-4;1-5(2)4-6(3)7;1-5(2,3)4/h2*5-16H2,1-4H3;4H,1-3H3;(H2,1,2,3,4)/q2*+1;;/p-2. The van der Waals surface area contributed by atoms with Gasteiger partial charge in [-0.05, 0) is 78.2 Å². The molecule has 0 aliphatic carbocycles. The molecule has 0 fully saturated rings. The third-order valence-corrected chi connectivity index (χ3v) is 8.38. The van der Waals surface area contributed by atoms with E-state index in [4.69, 9.17) is 17.5 Å². The molecule has 0 saturated heterocycles. The van der Waals surface area contributed by atoms with E-state index in [0.717, 1.165) is 5.57 Å². The summed E-state index contributed by atoms with van der Waals surface area (Å²) in [6, 6.07) is 0. The first-order valence-electron chi connectivity index (χ1n) is 19.1.